The molecule has 6 heteroatoms. The minimum absolute atomic E-state index is 0.354. The topological polar surface area (TPSA) is 68.6 Å². The van der Waals surface area contributed by atoms with Gasteiger partial charge in [0.05, 0.1) is 16.6 Å². The zero-order valence-electron chi connectivity index (χ0n) is 29.7. The Morgan fingerprint density at radius 3 is 1.89 bits per heavy atom. The average Bonchev–Trinajstić information content (AvgIpc) is 3.77. The van der Waals surface area contributed by atoms with Crippen LogP contribution in [0.25, 0.3) is 83.5 Å². The second-order valence-corrected chi connectivity index (χ2v) is 14.5. The van der Waals surface area contributed by atoms with Gasteiger partial charge in [-0.25, -0.2) is 15.0 Å². The molecule has 0 bridgehead atoms. The Bertz CT molecular complexity index is 3050. The van der Waals surface area contributed by atoms with E-state index in [9.17, 15) is 0 Å². The van der Waals surface area contributed by atoms with Crippen molar-refractivity contribution in [3.8, 4) is 51.3 Å². The molecule has 0 unspecified atom stereocenters. The van der Waals surface area contributed by atoms with Crippen LogP contribution in [0, 0.1) is 0 Å². The fraction of sp³-hybridized carbons (Fsp3) is 0.0625. The summed E-state index contributed by atoms with van der Waals surface area (Å²) in [6, 6.07) is 54.6. The Labute approximate surface area is 311 Å². The monoisotopic (exact) mass is 695 g/mol. The van der Waals surface area contributed by atoms with Crippen LogP contribution >= 0.6 is 0 Å². The third-order valence-electron chi connectivity index (χ3n) is 11.0. The molecule has 0 amide bonds. The Morgan fingerprint density at radius 2 is 1.15 bits per heavy atom. The predicted molar refractivity (Wildman–Crippen MR) is 218 cm³/mol. The van der Waals surface area contributed by atoms with E-state index in [0.29, 0.717) is 17.5 Å². The molecule has 0 aliphatic carbocycles. The smallest absolute Gasteiger partial charge is 0.164 e. The van der Waals surface area contributed by atoms with Crippen molar-refractivity contribution >= 4 is 43.6 Å². The van der Waals surface area contributed by atoms with Crippen molar-refractivity contribution in [1.82, 2.24) is 24.5 Å². The summed E-state index contributed by atoms with van der Waals surface area (Å²) in [4.78, 5) is 18.7. The number of benzene rings is 7. The van der Waals surface area contributed by atoms with E-state index in [1.807, 2.05) is 60.7 Å². The molecule has 0 radical (unpaired) electrons. The molecule has 0 atom stereocenters. The SMILES string of the molecule is CC1(C)c2ccc3c4ccccc4n(-c4cccc(-c5nc(-c6ccccc6)nc(-c6ccccc6)n5)c4)c3c2Oc2ccc3c([nH]c4ccccc43)c21. The molecule has 11 rings (SSSR count). The maximum Gasteiger partial charge on any atom is 0.164 e. The summed E-state index contributed by atoms with van der Waals surface area (Å²) < 4.78 is 9.43. The van der Waals surface area contributed by atoms with Crippen molar-refractivity contribution in [2.75, 3.05) is 0 Å². The second kappa shape index (κ2) is 11.5. The van der Waals surface area contributed by atoms with Crippen molar-refractivity contribution in [1.29, 1.82) is 0 Å². The van der Waals surface area contributed by atoms with Gasteiger partial charge in [0.15, 0.2) is 23.2 Å². The maximum absolute atomic E-state index is 7.09. The minimum Gasteiger partial charge on any atom is -0.454 e. The summed E-state index contributed by atoms with van der Waals surface area (Å²) >= 11 is 0. The summed E-state index contributed by atoms with van der Waals surface area (Å²) in [6.07, 6.45) is 0. The van der Waals surface area contributed by atoms with Crippen molar-refractivity contribution in [3.63, 3.8) is 0 Å². The molecule has 6 nitrogen and oxygen atoms in total. The lowest BCUT2D eigenvalue weighted by Crippen LogP contribution is -2.25. The Hall–Kier alpha value is -7.05. The van der Waals surface area contributed by atoms with Crippen molar-refractivity contribution in [2.24, 2.45) is 0 Å². The van der Waals surface area contributed by atoms with Gasteiger partial charge in [-0.3, -0.25) is 0 Å². The molecule has 10 aromatic rings. The maximum atomic E-state index is 7.09. The number of nitrogens with one attached hydrogen (secondary N) is 1. The Balaban J connectivity index is 1.13. The first-order valence-corrected chi connectivity index (χ1v) is 18.3. The average molecular weight is 696 g/mol. The molecule has 1 aliphatic heterocycles. The lowest BCUT2D eigenvalue weighted by molar-refractivity contribution is 0.424. The van der Waals surface area contributed by atoms with E-state index in [4.69, 9.17) is 19.7 Å². The molecule has 0 saturated carbocycles. The number of hydrogen-bond acceptors (Lipinski definition) is 4. The number of fused-ring (bicyclic) bond motifs is 10. The number of H-pyrrole nitrogens is 1. The van der Waals surface area contributed by atoms with Crippen molar-refractivity contribution < 1.29 is 4.74 Å². The first-order valence-electron chi connectivity index (χ1n) is 18.3. The number of rotatable bonds is 4. The van der Waals surface area contributed by atoms with Gasteiger partial charge in [0, 0.05) is 66.0 Å². The minimum atomic E-state index is -0.354. The molecule has 54 heavy (non-hydrogen) atoms. The molecule has 0 fully saturated rings. The van der Waals surface area contributed by atoms with Crippen LogP contribution in [0.4, 0.5) is 0 Å². The van der Waals surface area contributed by atoms with Gasteiger partial charge in [-0.1, -0.05) is 135 Å². The molecule has 7 aromatic carbocycles. The van der Waals surface area contributed by atoms with Gasteiger partial charge in [0.1, 0.15) is 5.75 Å². The number of aromatic nitrogens is 5. The first-order chi connectivity index (χ1) is 26.5. The fourth-order valence-electron chi connectivity index (χ4n) is 8.46. The standard InChI is InChI=1S/C48H33N5O/c1-48(2)37-26-24-36-34-21-10-12-23-39(34)53(43(36)44(37)54-40-27-25-35-33-20-9-11-22-38(33)49-42(35)41(40)48)32-19-13-18-31(28-32)47-51-45(29-14-5-3-6-15-29)50-46(52-47)30-16-7-4-8-17-30/h3-28,49H,1-2H3. The van der Waals surface area contributed by atoms with Crippen LogP contribution in [-0.4, -0.2) is 24.5 Å². The van der Waals surface area contributed by atoms with E-state index in [2.05, 4.69) is 120 Å². The molecule has 4 heterocycles. The lowest BCUT2D eigenvalue weighted by Gasteiger charge is -2.35. The molecule has 1 N–H and O–H groups in total. The van der Waals surface area contributed by atoms with Gasteiger partial charge in [-0.05, 0) is 36.4 Å². The molecule has 0 saturated heterocycles. The van der Waals surface area contributed by atoms with Gasteiger partial charge in [0.2, 0.25) is 0 Å². The summed E-state index contributed by atoms with van der Waals surface area (Å²) in [5, 5.41) is 4.73. The highest BCUT2D eigenvalue weighted by molar-refractivity contribution is 6.13. The number of aromatic amines is 1. The predicted octanol–water partition coefficient (Wildman–Crippen LogP) is 12.0. The molecule has 1 aliphatic rings. The summed E-state index contributed by atoms with van der Waals surface area (Å²) in [5.41, 5.74) is 10.1. The Kier molecular flexibility index (Phi) is 6.49. The van der Waals surface area contributed by atoms with E-state index in [0.717, 1.165) is 72.3 Å². The van der Waals surface area contributed by atoms with Gasteiger partial charge in [-0.2, -0.15) is 0 Å². The highest BCUT2D eigenvalue weighted by Crippen LogP contribution is 2.54. The molecule has 256 valence electrons. The third kappa shape index (κ3) is 4.50. The third-order valence-corrected chi connectivity index (χ3v) is 11.0. The van der Waals surface area contributed by atoms with E-state index >= 15 is 0 Å². The summed E-state index contributed by atoms with van der Waals surface area (Å²) in [6.45, 7) is 4.63. The van der Waals surface area contributed by atoms with Crippen LogP contribution in [0.15, 0.2) is 158 Å². The number of nitrogens with zero attached hydrogens (tertiary/aromatic N) is 4. The van der Waals surface area contributed by atoms with Gasteiger partial charge in [-0.15, -0.1) is 0 Å². The number of para-hydroxylation sites is 2. The second-order valence-electron chi connectivity index (χ2n) is 14.5. The van der Waals surface area contributed by atoms with Crippen LogP contribution in [-0.2, 0) is 5.41 Å². The van der Waals surface area contributed by atoms with E-state index in [1.54, 1.807) is 0 Å². The fourth-order valence-corrected chi connectivity index (χ4v) is 8.46. The highest BCUT2D eigenvalue weighted by Gasteiger charge is 2.38. The van der Waals surface area contributed by atoms with E-state index < -0.39 is 0 Å². The summed E-state index contributed by atoms with van der Waals surface area (Å²) in [5.74, 6) is 3.63. The van der Waals surface area contributed by atoms with Gasteiger partial charge >= 0.3 is 0 Å². The zero-order valence-corrected chi connectivity index (χ0v) is 29.7. The van der Waals surface area contributed by atoms with Crippen LogP contribution in [0.2, 0.25) is 0 Å². The van der Waals surface area contributed by atoms with Crippen LogP contribution in [0.3, 0.4) is 0 Å². The van der Waals surface area contributed by atoms with Gasteiger partial charge < -0.3 is 14.3 Å². The van der Waals surface area contributed by atoms with Gasteiger partial charge in [0.25, 0.3) is 0 Å². The largest absolute Gasteiger partial charge is 0.454 e. The summed E-state index contributed by atoms with van der Waals surface area (Å²) in [7, 11) is 0. The Morgan fingerprint density at radius 1 is 0.537 bits per heavy atom. The number of ether oxygens (including phenoxy) is 1. The first kappa shape index (κ1) is 30.6. The normalized spacial score (nSPS) is 13.3. The quantitative estimate of drug-likeness (QED) is 0.199. The lowest BCUT2D eigenvalue weighted by atomic mass is 9.74. The van der Waals surface area contributed by atoms with E-state index in [1.165, 1.54) is 16.3 Å². The van der Waals surface area contributed by atoms with Crippen LogP contribution < -0.4 is 4.74 Å². The highest BCUT2D eigenvalue weighted by atomic mass is 16.5. The molecule has 0 spiro atoms. The number of hydrogen-bond donors (Lipinski definition) is 1. The van der Waals surface area contributed by atoms with E-state index in [-0.39, 0.29) is 5.41 Å². The van der Waals surface area contributed by atoms with Crippen LogP contribution in [0.1, 0.15) is 25.0 Å². The molecular weight excluding hydrogens is 663 g/mol. The van der Waals surface area contributed by atoms with Crippen LogP contribution in [0.5, 0.6) is 11.5 Å². The molecule has 3 aromatic heterocycles. The zero-order chi connectivity index (χ0) is 36.0. The molecular formula is C48H33N5O. The van der Waals surface area contributed by atoms with Crippen molar-refractivity contribution in [2.45, 2.75) is 19.3 Å². The van der Waals surface area contributed by atoms with Crippen molar-refractivity contribution in [3.05, 3.63) is 169 Å².